The zero-order valence-electron chi connectivity index (χ0n) is 17.9. The summed E-state index contributed by atoms with van der Waals surface area (Å²) in [7, 11) is 0. The van der Waals surface area contributed by atoms with Crippen molar-refractivity contribution in [3.8, 4) is 0 Å². The van der Waals surface area contributed by atoms with Gasteiger partial charge in [-0.1, -0.05) is 23.7 Å². The maximum atomic E-state index is 14.0. The third-order valence-electron chi connectivity index (χ3n) is 6.22. The van der Waals surface area contributed by atoms with Crippen LogP contribution in [0, 0.1) is 0 Å². The number of nitrogens with two attached hydrogens (primary N) is 1. The zero-order chi connectivity index (χ0) is 21.3. The highest BCUT2D eigenvalue weighted by Gasteiger charge is 2.44. The van der Waals surface area contributed by atoms with Crippen molar-refractivity contribution in [2.75, 3.05) is 26.2 Å². The molecule has 180 valence electrons. The van der Waals surface area contributed by atoms with E-state index in [0.717, 1.165) is 50.7 Å². The van der Waals surface area contributed by atoms with E-state index in [4.69, 9.17) is 22.1 Å². The fraction of sp³-hybridized carbons (Fsp3) is 0.619. The number of benzene rings is 1. The molecule has 4 rings (SSSR count). The third-order valence-corrected chi connectivity index (χ3v) is 6.47. The second kappa shape index (κ2) is 11.3. The predicted octanol–water partition coefficient (Wildman–Crippen LogP) is 3.99. The second-order valence-corrected chi connectivity index (χ2v) is 8.90. The zero-order valence-corrected chi connectivity index (χ0v) is 20.3. The minimum Gasteiger partial charge on any atom is -0.385 e. The molecule has 1 aromatic rings. The first kappa shape index (κ1) is 27.1. The van der Waals surface area contributed by atoms with Crippen LogP contribution < -0.4 is 5.73 Å². The van der Waals surface area contributed by atoms with E-state index in [1.54, 1.807) is 0 Å². The molecule has 0 saturated carbocycles. The van der Waals surface area contributed by atoms with Crippen LogP contribution in [0.4, 0.5) is 8.78 Å². The number of rotatable bonds is 4. The highest BCUT2D eigenvalue weighted by Crippen LogP contribution is 2.31. The Kier molecular flexibility index (Phi) is 9.55. The van der Waals surface area contributed by atoms with Gasteiger partial charge < -0.3 is 15.4 Å². The largest absolute Gasteiger partial charge is 0.385 e. The first-order valence-electron chi connectivity index (χ1n) is 10.4. The Bertz CT molecular complexity index is 811. The van der Waals surface area contributed by atoms with E-state index < -0.39 is 12.0 Å². The Labute approximate surface area is 205 Å². The Morgan fingerprint density at radius 1 is 1.16 bits per heavy atom. The number of halogens is 5. The van der Waals surface area contributed by atoms with Crippen LogP contribution in [0.5, 0.6) is 0 Å². The number of hydrogen-bond donors (Lipinski definition) is 1. The first-order chi connectivity index (χ1) is 14.3. The summed E-state index contributed by atoms with van der Waals surface area (Å²) < 4.78 is 33.7. The fourth-order valence-corrected chi connectivity index (χ4v) is 4.65. The van der Waals surface area contributed by atoms with E-state index in [0.29, 0.717) is 23.9 Å². The van der Waals surface area contributed by atoms with E-state index in [2.05, 4.69) is 20.0 Å². The van der Waals surface area contributed by atoms with Gasteiger partial charge in [0.2, 0.25) is 0 Å². The standard InChI is InChI=1S/C21H28ClF2N5O.2ClH/c1-21(23,24)18-12-29(17(13-30-18)10-14-2-4-15(22)5-3-14)16-6-8-28(9-7-16)20-11-19(25)26-27-20;;/h2-5,16-18H,6-13H2,1H3,(H2,25,26);2*1H/t17-,18+;;/m0../s1. The van der Waals surface area contributed by atoms with E-state index in [9.17, 15) is 8.78 Å². The smallest absolute Gasteiger partial charge is 0.272 e. The molecule has 0 aromatic heterocycles. The van der Waals surface area contributed by atoms with Gasteiger partial charge in [0.05, 0.1) is 13.0 Å². The van der Waals surface area contributed by atoms with Crippen LogP contribution in [-0.4, -0.2) is 71.8 Å². The van der Waals surface area contributed by atoms with Crippen molar-refractivity contribution in [3.05, 3.63) is 34.9 Å². The molecule has 0 amide bonds. The maximum Gasteiger partial charge on any atom is 0.272 e. The summed E-state index contributed by atoms with van der Waals surface area (Å²) in [6.07, 6.45) is 2.03. The van der Waals surface area contributed by atoms with Crippen molar-refractivity contribution in [1.29, 1.82) is 0 Å². The molecule has 2 fully saturated rings. The number of alkyl halides is 2. The van der Waals surface area contributed by atoms with E-state index in [-0.39, 0.29) is 43.4 Å². The van der Waals surface area contributed by atoms with Crippen LogP contribution in [0.2, 0.25) is 5.02 Å². The van der Waals surface area contributed by atoms with Gasteiger partial charge in [0.1, 0.15) is 17.8 Å². The molecule has 3 heterocycles. The Balaban J connectivity index is 0.00000181. The second-order valence-electron chi connectivity index (χ2n) is 8.46. The van der Waals surface area contributed by atoms with Crippen LogP contribution in [0.15, 0.2) is 34.5 Å². The number of morpholine rings is 1. The van der Waals surface area contributed by atoms with E-state index in [1.165, 1.54) is 0 Å². The molecular formula is C21H30Cl3F2N5O. The predicted molar refractivity (Wildman–Crippen MR) is 129 cm³/mol. The molecule has 0 aliphatic carbocycles. The molecule has 6 nitrogen and oxygen atoms in total. The van der Waals surface area contributed by atoms with Crippen LogP contribution in [-0.2, 0) is 11.2 Å². The molecule has 2 N–H and O–H groups in total. The van der Waals surface area contributed by atoms with Gasteiger partial charge in [-0.15, -0.1) is 35.0 Å². The molecule has 0 radical (unpaired) electrons. The lowest BCUT2D eigenvalue weighted by molar-refractivity contribution is -0.179. The quantitative estimate of drug-likeness (QED) is 0.662. The van der Waals surface area contributed by atoms with Crippen molar-refractivity contribution in [2.45, 2.75) is 56.7 Å². The Hall–Kier alpha value is -1.19. The normalized spacial score (nSPS) is 24.9. The number of likely N-dealkylation sites (tertiary alicyclic amines) is 1. The number of hydrogen-bond acceptors (Lipinski definition) is 6. The molecule has 0 unspecified atom stereocenters. The summed E-state index contributed by atoms with van der Waals surface area (Å²) in [5, 5.41) is 8.77. The minimum absolute atomic E-state index is 0. The summed E-state index contributed by atoms with van der Waals surface area (Å²) in [6.45, 7) is 3.13. The topological polar surface area (TPSA) is 66.5 Å². The van der Waals surface area contributed by atoms with E-state index in [1.807, 2.05) is 24.3 Å². The summed E-state index contributed by atoms with van der Waals surface area (Å²) in [5.41, 5.74) is 6.87. The van der Waals surface area contributed by atoms with Gasteiger partial charge in [0.15, 0.2) is 0 Å². The molecule has 0 spiro atoms. The highest BCUT2D eigenvalue weighted by atomic mass is 35.5. The van der Waals surface area contributed by atoms with Gasteiger partial charge in [0, 0.05) is 43.7 Å². The summed E-state index contributed by atoms with van der Waals surface area (Å²) in [4.78, 5) is 4.46. The van der Waals surface area contributed by atoms with Gasteiger partial charge in [-0.05, 0) is 37.0 Å². The summed E-state index contributed by atoms with van der Waals surface area (Å²) in [6, 6.07) is 8.00. The molecular weight excluding hydrogens is 483 g/mol. The lowest BCUT2D eigenvalue weighted by atomic mass is 9.95. The lowest BCUT2D eigenvalue weighted by Crippen LogP contribution is -2.60. The molecule has 3 aliphatic rings. The van der Waals surface area contributed by atoms with Gasteiger partial charge >= 0.3 is 0 Å². The van der Waals surface area contributed by atoms with Crippen LogP contribution >= 0.6 is 36.4 Å². The lowest BCUT2D eigenvalue weighted by Gasteiger charge is -2.47. The van der Waals surface area contributed by atoms with Gasteiger partial charge in [0.25, 0.3) is 5.92 Å². The van der Waals surface area contributed by atoms with Crippen LogP contribution in [0.3, 0.4) is 0 Å². The van der Waals surface area contributed by atoms with Crippen molar-refractivity contribution in [3.63, 3.8) is 0 Å². The average Bonchev–Trinajstić information content (AvgIpc) is 3.16. The molecule has 11 heteroatoms. The molecule has 2 saturated heterocycles. The van der Waals surface area contributed by atoms with Gasteiger partial charge in [-0.3, -0.25) is 4.90 Å². The van der Waals surface area contributed by atoms with Crippen molar-refractivity contribution in [1.82, 2.24) is 9.80 Å². The SMILES string of the molecule is CC(F)(F)[C@H]1CN(C2CCN(C3=NN=C(N)C3)CC2)[C@@H](Cc2ccc(Cl)cc2)CO1.Cl.Cl. The van der Waals surface area contributed by atoms with Crippen molar-refractivity contribution < 1.29 is 13.5 Å². The maximum absolute atomic E-state index is 14.0. The first-order valence-corrected chi connectivity index (χ1v) is 10.8. The van der Waals surface area contributed by atoms with Crippen molar-refractivity contribution >= 4 is 48.1 Å². The van der Waals surface area contributed by atoms with Crippen molar-refractivity contribution in [2.24, 2.45) is 15.9 Å². The molecule has 32 heavy (non-hydrogen) atoms. The Morgan fingerprint density at radius 2 is 1.81 bits per heavy atom. The Morgan fingerprint density at radius 3 is 2.38 bits per heavy atom. The number of piperidine rings is 1. The number of nitrogens with zero attached hydrogens (tertiary/aromatic N) is 4. The fourth-order valence-electron chi connectivity index (χ4n) is 4.52. The van der Waals surface area contributed by atoms with Crippen LogP contribution in [0.25, 0.3) is 0 Å². The molecule has 1 aromatic carbocycles. The van der Waals surface area contributed by atoms with Gasteiger partial charge in [-0.25, -0.2) is 8.78 Å². The third kappa shape index (κ3) is 6.44. The number of ether oxygens (including phenoxy) is 1. The highest BCUT2D eigenvalue weighted by molar-refractivity contribution is 6.30. The van der Waals surface area contributed by atoms with Crippen LogP contribution in [0.1, 0.15) is 31.7 Å². The monoisotopic (exact) mass is 511 g/mol. The minimum atomic E-state index is -2.86. The summed E-state index contributed by atoms with van der Waals surface area (Å²) in [5.74, 6) is -1.42. The average molecular weight is 513 g/mol. The van der Waals surface area contributed by atoms with E-state index >= 15 is 0 Å². The molecule has 2 atom stereocenters. The van der Waals surface area contributed by atoms with Gasteiger partial charge in [-0.2, -0.15) is 0 Å². The number of amidine groups is 2. The summed E-state index contributed by atoms with van der Waals surface area (Å²) >= 11 is 6.00. The molecule has 0 bridgehead atoms. The molecule has 3 aliphatic heterocycles.